The first-order valence-corrected chi connectivity index (χ1v) is 5.39. The molecule has 13 heavy (non-hydrogen) atoms. The van der Waals surface area contributed by atoms with Crippen molar-refractivity contribution in [1.82, 2.24) is 5.14 Å². The Morgan fingerprint density at radius 3 is 2.00 bits per heavy atom. The van der Waals surface area contributed by atoms with E-state index in [4.69, 9.17) is 5.14 Å². The Hall–Kier alpha value is -0.870. The number of sulfonamides is 1. The van der Waals surface area contributed by atoms with Crippen LogP contribution in [0.3, 0.4) is 0 Å². The van der Waals surface area contributed by atoms with Crippen molar-refractivity contribution in [3.63, 3.8) is 0 Å². The van der Waals surface area contributed by atoms with Crippen LogP contribution in [0.4, 0.5) is 0 Å². The van der Waals surface area contributed by atoms with Gasteiger partial charge in [-0.3, -0.25) is 0 Å². The molecule has 0 heterocycles. The Morgan fingerprint density at radius 1 is 1.15 bits per heavy atom. The average Bonchev–Trinajstić information content (AvgIpc) is 2.04. The molecular formula is C9H12NO2S. The molecule has 4 heteroatoms. The molecule has 0 aromatic heterocycles. The van der Waals surface area contributed by atoms with Gasteiger partial charge in [0.1, 0.15) is 4.75 Å². The van der Waals surface area contributed by atoms with Gasteiger partial charge in [-0.1, -0.05) is 30.3 Å². The molecule has 1 aromatic rings. The Kier molecular flexibility index (Phi) is 2.45. The van der Waals surface area contributed by atoms with Gasteiger partial charge < -0.3 is 0 Å². The Balaban J connectivity index is 3.24. The summed E-state index contributed by atoms with van der Waals surface area (Å²) in [4.78, 5) is 0. The third-order valence-electron chi connectivity index (χ3n) is 2.14. The molecule has 0 aliphatic carbocycles. The van der Waals surface area contributed by atoms with E-state index < -0.39 is 14.8 Å². The van der Waals surface area contributed by atoms with E-state index >= 15 is 0 Å². The zero-order valence-electron chi connectivity index (χ0n) is 7.61. The Bertz CT molecular complexity index is 381. The highest BCUT2D eigenvalue weighted by atomic mass is 32.2. The van der Waals surface area contributed by atoms with Gasteiger partial charge in [0.2, 0.25) is 10.0 Å². The molecule has 0 saturated carbocycles. The molecule has 1 rings (SSSR count). The quantitative estimate of drug-likeness (QED) is 0.723. The van der Waals surface area contributed by atoms with Gasteiger partial charge >= 0.3 is 0 Å². The fourth-order valence-corrected chi connectivity index (χ4v) is 1.44. The van der Waals surface area contributed by atoms with Crippen LogP contribution in [0.25, 0.3) is 0 Å². The minimum Gasteiger partial charge on any atom is -0.210 e. The number of benzene rings is 1. The van der Waals surface area contributed by atoms with E-state index in [1.54, 1.807) is 24.3 Å². The molecule has 3 nitrogen and oxygen atoms in total. The van der Waals surface area contributed by atoms with Crippen LogP contribution < -0.4 is 5.14 Å². The summed E-state index contributed by atoms with van der Waals surface area (Å²) in [7, 11) is -3.81. The van der Waals surface area contributed by atoms with Gasteiger partial charge in [-0.15, -0.1) is 5.14 Å². The van der Waals surface area contributed by atoms with E-state index in [1.807, 2.05) is 6.07 Å². The lowest BCUT2D eigenvalue weighted by molar-refractivity contribution is 0.555. The Morgan fingerprint density at radius 2 is 1.62 bits per heavy atom. The number of rotatable bonds is 2. The molecule has 0 aliphatic rings. The van der Waals surface area contributed by atoms with Crippen LogP contribution in [0.5, 0.6) is 0 Å². The van der Waals surface area contributed by atoms with E-state index in [1.165, 1.54) is 13.8 Å². The van der Waals surface area contributed by atoms with Crippen molar-refractivity contribution in [3.05, 3.63) is 35.9 Å². The standard InChI is InChI=1S/C9H12NO2S/c1-9(2,13(10,11)12)8-6-4-3-5-7-8/h3-7,10H,1-2H3. The van der Waals surface area contributed by atoms with Gasteiger partial charge in [0.05, 0.1) is 0 Å². The molecule has 0 saturated heterocycles. The second kappa shape index (κ2) is 3.12. The largest absolute Gasteiger partial charge is 0.234 e. The first-order valence-electron chi connectivity index (χ1n) is 3.90. The van der Waals surface area contributed by atoms with E-state index in [0.29, 0.717) is 5.56 Å². The van der Waals surface area contributed by atoms with Crippen molar-refractivity contribution in [2.24, 2.45) is 0 Å². The van der Waals surface area contributed by atoms with Crippen molar-refractivity contribution in [2.75, 3.05) is 0 Å². The predicted molar refractivity (Wildman–Crippen MR) is 51.5 cm³/mol. The number of hydrogen-bond acceptors (Lipinski definition) is 2. The lowest BCUT2D eigenvalue weighted by Gasteiger charge is -2.21. The van der Waals surface area contributed by atoms with Gasteiger partial charge in [-0.2, -0.15) is 0 Å². The van der Waals surface area contributed by atoms with E-state index in [9.17, 15) is 8.42 Å². The van der Waals surface area contributed by atoms with Gasteiger partial charge in [-0.25, -0.2) is 8.42 Å². The molecule has 0 spiro atoms. The molecule has 71 valence electrons. The topological polar surface area (TPSA) is 57.9 Å². The van der Waals surface area contributed by atoms with Crippen LogP contribution in [-0.4, -0.2) is 8.42 Å². The zero-order chi connectivity index (χ0) is 10.1. The highest BCUT2D eigenvalue weighted by Gasteiger charge is 2.33. The van der Waals surface area contributed by atoms with Crippen molar-refractivity contribution in [2.45, 2.75) is 18.6 Å². The molecule has 0 bridgehead atoms. The van der Waals surface area contributed by atoms with E-state index in [2.05, 4.69) is 0 Å². The molecule has 0 aliphatic heterocycles. The van der Waals surface area contributed by atoms with E-state index in [-0.39, 0.29) is 0 Å². The summed E-state index contributed by atoms with van der Waals surface area (Å²) in [5.41, 5.74) is 0.644. The smallest absolute Gasteiger partial charge is 0.210 e. The van der Waals surface area contributed by atoms with Crippen LogP contribution in [0, 0.1) is 0 Å². The van der Waals surface area contributed by atoms with Crippen molar-refractivity contribution < 1.29 is 8.42 Å². The van der Waals surface area contributed by atoms with Crippen LogP contribution in [0.15, 0.2) is 30.3 Å². The second-order valence-electron chi connectivity index (χ2n) is 3.38. The zero-order valence-corrected chi connectivity index (χ0v) is 8.43. The lowest BCUT2D eigenvalue weighted by Crippen LogP contribution is -2.29. The molecule has 0 fully saturated rings. The second-order valence-corrected chi connectivity index (χ2v) is 5.41. The van der Waals surface area contributed by atoms with Crippen LogP contribution in [0.1, 0.15) is 19.4 Å². The highest BCUT2D eigenvalue weighted by Crippen LogP contribution is 2.27. The molecule has 0 amide bonds. The maximum absolute atomic E-state index is 11.1. The first-order chi connectivity index (χ1) is 5.86. The van der Waals surface area contributed by atoms with Crippen molar-refractivity contribution >= 4 is 10.0 Å². The summed E-state index contributed by atoms with van der Waals surface area (Å²) >= 11 is 0. The summed E-state index contributed by atoms with van der Waals surface area (Å²) in [6, 6.07) is 8.78. The Labute approximate surface area is 78.6 Å². The fraction of sp³-hybridized carbons (Fsp3) is 0.333. The number of nitrogens with one attached hydrogen (secondary N) is 1. The van der Waals surface area contributed by atoms with Crippen molar-refractivity contribution in [3.8, 4) is 0 Å². The average molecular weight is 198 g/mol. The molecule has 0 atom stereocenters. The van der Waals surface area contributed by atoms with Crippen LogP contribution in [-0.2, 0) is 14.8 Å². The molecular weight excluding hydrogens is 186 g/mol. The summed E-state index contributed by atoms with van der Waals surface area (Å²) in [5.74, 6) is 0. The maximum atomic E-state index is 11.1. The molecule has 1 N–H and O–H groups in total. The van der Waals surface area contributed by atoms with Gasteiger partial charge in [-0.05, 0) is 19.4 Å². The monoisotopic (exact) mass is 198 g/mol. The number of hydrogen-bond donors (Lipinski definition) is 0. The lowest BCUT2D eigenvalue weighted by atomic mass is 10.0. The molecule has 0 unspecified atom stereocenters. The van der Waals surface area contributed by atoms with Gasteiger partial charge in [0.15, 0.2) is 0 Å². The minimum absolute atomic E-state index is 0.644. The summed E-state index contributed by atoms with van der Waals surface area (Å²) in [5, 5.41) is 7.04. The molecule has 1 aromatic carbocycles. The fourth-order valence-electron chi connectivity index (χ4n) is 0.995. The summed E-state index contributed by atoms with van der Waals surface area (Å²) in [6.45, 7) is 3.06. The van der Waals surface area contributed by atoms with Gasteiger partial charge in [0.25, 0.3) is 0 Å². The van der Waals surface area contributed by atoms with Crippen LogP contribution in [0.2, 0.25) is 0 Å². The first kappa shape index (κ1) is 10.2. The normalized spacial score (nSPS) is 12.8. The third-order valence-corrected chi connectivity index (χ3v) is 3.72. The van der Waals surface area contributed by atoms with Gasteiger partial charge in [0, 0.05) is 0 Å². The third kappa shape index (κ3) is 1.89. The summed E-state index contributed by atoms with van der Waals surface area (Å²) < 4.78 is 21.1. The maximum Gasteiger partial charge on any atom is 0.234 e. The summed E-state index contributed by atoms with van der Waals surface area (Å²) in [6.07, 6.45) is 0. The van der Waals surface area contributed by atoms with Crippen molar-refractivity contribution in [1.29, 1.82) is 0 Å². The van der Waals surface area contributed by atoms with E-state index in [0.717, 1.165) is 0 Å². The predicted octanol–water partition coefficient (Wildman–Crippen LogP) is 1.53. The van der Waals surface area contributed by atoms with Crippen LogP contribution >= 0.6 is 0 Å². The minimum atomic E-state index is -3.81. The SMILES string of the molecule is CC(C)(c1ccccc1)S([NH])(=O)=O. The molecule has 1 radical (unpaired) electrons. The highest BCUT2D eigenvalue weighted by molar-refractivity contribution is 7.89.